The van der Waals surface area contributed by atoms with Crippen molar-refractivity contribution in [2.24, 2.45) is 5.10 Å². The third-order valence-corrected chi connectivity index (χ3v) is 6.79. The van der Waals surface area contributed by atoms with E-state index in [1.165, 1.54) is 16.4 Å². The molecule has 1 aliphatic rings. The summed E-state index contributed by atoms with van der Waals surface area (Å²) < 4.78 is 32.2. The summed E-state index contributed by atoms with van der Waals surface area (Å²) in [5, 5.41) is 6.15. The number of nitrogens with zero attached hydrogens (tertiary/aromatic N) is 2. The number of rotatable bonds is 5. The molecule has 30 heavy (non-hydrogen) atoms. The molecule has 1 amide bonds. The Morgan fingerprint density at radius 3 is 2.57 bits per heavy atom. The van der Waals surface area contributed by atoms with Crippen LogP contribution in [0.4, 0.5) is 0 Å². The van der Waals surface area contributed by atoms with E-state index in [2.05, 4.69) is 10.5 Å². The summed E-state index contributed by atoms with van der Waals surface area (Å²) in [4.78, 5) is 12.6. The van der Waals surface area contributed by atoms with Gasteiger partial charge in [0.2, 0.25) is 10.0 Å². The summed E-state index contributed by atoms with van der Waals surface area (Å²) in [5.41, 5.74) is 3.57. The van der Waals surface area contributed by atoms with E-state index in [1.807, 2.05) is 42.5 Å². The first-order valence-electron chi connectivity index (χ1n) is 9.55. The Morgan fingerprint density at radius 2 is 1.73 bits per heavy atom. The van der Waals surface area contributed by atoms with Gasteiger partial charge in [-0.3, -0.25) is 4.79 Å². The van der Waals surface area contributed by atoms with Crippen LogP contribution in [0.5, 0.6) is 0 Å². The van der Waals surface area contributed by atoms with Crippen LogP contribution in [0.2, 0.25) is 0 Å². The topological polar surface area (TPSA) is 88.1 Å². The molecule has 1 saturated heterocycles. The maximum absolute atomic E-state index is 12.8. The molecule has 0 atom stereocenters. The average Bonchev–Trinajstić information content (AvgIpc) is 2.80. The van der Waals surface area contributed by atoms with Gasteiger partial charge in [-0.25, -0.2) is 13.8 Å². The fourth-order valence-corrected chi connectivity index (χ4v) is 4.78. The molecule has 0 aliphatic carbocycles. The van der Waals surface area contributed by atoms with E-state index in [1.54, 1.807) is 18.3 Å². The molecule has 4 rings (SSSR count). The van der Waals surface area contributed by atoms with Gasteiger partial charge in [-0.15, -0.1) is 0 Å². The molecule has 0 bridgehead atoms. The van der Waals surface area contributed by atoms with Gasteiger partial charge in [-0.1, -0.05) is 48.5 Å². The molecule has 3 aromatic rings. The molecule has 154 valence electrons. The van der Waals surface area contributed by atoms with E-state index in [-0.39, 0.29) is 10.5 Å². The number of carbonyl (C=O) groups excluding carboxylic acids is 1. The lowest BCUT2D eigenvalue weighted by molar-refractivity contribution is 0.0730. The maximum Gasteiger partial charge on any atom is 0.271 e. The Balaban J connectivity index is 1.50. The Labute approximate surface area is 175 Å². The quantitative estimate of drug-likeness (QED) is 0.505. The van der Waals surface area contributed by atoms with Crippen molar-refractivity contribution in [3.8, 4) is 0 Å². The second kappa shape index (κ2) is 8.74. The highest BCUT2D eigenvalue weighted by Gasteiger charge is 2.26. The number of morpholine rings is 1. The normalized spacial score (nSPS) is 15.5. The molecule has 0 radical (unpaired) electrons. The van der Waals surface area contributed by atoms with Gasteiger partial charge in [-0.05, 0) is 29.0 Å². The van der Waals surface area contributed by atoms with E-state index in [4.69, 9.17) is 4.74 Å². The summed E-state index contributed by atoms with van der Waals surface area (Å²) in [6.07, 6.45) is 1.58. The number of hydrazone groups is 1. The molecule has 1 aliphatic heterocycles. The second-order valence-electron chi connectivity index (χ2n) is 6.81. The van der Waals surface area contributed by atoms with Gasteiger partial charge in [0.25, 0.3) is 5.91 Å². The van der Waals surface area contributed by atoms with Crippen LogP contribution in [0, 0.1) is 0 Å². The lowest BCUT2D eigenvalue weighted by Gasteiger charge is -2.26. The first kappa shape index (κ1) is 20.2. The standard InChI is InChI=1S/C22H21N3O4S/c26-22(24-23-16-19-8-3-6-17-5-1-2-10-21(17)19)18-7-4-9-20(15-18)30(27,28)25-11-13-29-14-12-25/h1-10,15-16H,11-14H2,(H,24,26)/b23-16+. The minimum absolute atomic E-state index is 0.0788. The summed E-state index contributed by atoms with van der Waals surface area (Å²) in [5.74, 6) is -0.481. The van der Waals surface area contributed by atoms with E-state index < -0.39 is 15.9 Å². The van der Waals surface area contributed by atoms with Crippen LogP contribution in [0.3, 0.4) is 0 Å². The van der Waals surface area contributed by atoms with E-state index in [9.17, 15) is 13.2 Å². The van der Waals surface area contributed by atoms with Crippen molar-refractivity contribution in [2.45, 2.75) is 4.90 Å². The van der Waals surface area contributed by atoms with Crippen molar-refractivity contribution in [1.82, 2.24) is 9.73 Å². The van der Waals surface area contributed by atoms with Crippen molar-refractivity contribution in [1.29, 1.82) is 0 Å². The lowest BCUT2D eigenvalue weighted by Crippen LogP contribution is -2.40. The number of carbonyl (C=O) groups is 1. The molecule has 1 N–H and O–H groups in total. The number of ether oxygens (including phenoxy) is 1. The molecule has 0 aromatic heterocycles. The SMILES string of the molecule is O=C(N/N=C/c1cccc2ccccc12)c1cccc(S(=O)(=O)N2CCOCC2)c1. The minimum atomic E-state index is -3.67. The molecule has 1 fully saturated rings. The molecule has 0 unspecified atom stereocenters. The predicted molar refractivity (Wildman–Crippen MR) is 115 cm³/mol. The predicted octanol–water partition coefficient (Wildman–Crippen LogP) is 2.62. The summed E-state index contributed by atoms with van der Waals surface area (Å²) in [6.45, 7) is 1.33. The highest BCUT2D eigenvalue weighted by molar-refractivity contribution is 7.89. The van der Waals surface area contributed by atoms with E-state index >= 15 is 0 Å². The van der Waals surface area contributed by atoms with Gasteiger partial charge in [-0.2, -0.15) is 9.41 Å². The summed E-state index contributed by atoms with van der Waals surface area (Å²) in [7, 11) is -3.67. The molecule has 7 nitrogen and oxygen atoms in total. The molecular formula is C22H21N3O4S. The van der Waals surface area contributed by atoms with Gasteiger partial charge in [0.05, 0.1) is 24.3 Å². The molecule has 0 spiro atoms. The number of hydrogen-bond donors (Lipinski definition) is 1. The Morgan fingerprint density at radius 1 is 1.00 bits per heavy atom. The van der Waals surface area contributed by atoms with E-state index in [0.717, 1.165) is 16.3 Å². The monoisotopic (exact) mass is 423 g/mol. The minimum Gasteiger partial charge on any atom is -0.379 e. The zero-order valence-electron chi connectivity index (χ0n) is 16.2. The van der Waals surface area contributed by atoms with Crippen LogP contribution in [-0.2, 0) is 14.8 Å². The zero-order chi connectivity index (χ0) is 21.0. The molecular weight excluding hydrogens is 402 g/mol. The molecule has 0 saturated carbocycles. The zero-order valence-corrected chi connectivity index (χ0v) is 17.0. The van der Waals surface area contributed by atoms with Crippen molar-refractivity contribution < 1.29 is 17.9 Å². The number of benzene rings is 3. The van der Waals surface area contributed by atoms with E-state index in [0.29, 0.717) is 26.3 Å². The van der Waals surface area contributed by atoms with Crippen molar-refractivity contribution in [3.05, 3.63) is 77.9 Å². The second-order valence-corrected chi connectivity index (χ2v) is 8.75. The van der Waals surface area contributed by atoms with Gasteiger partial charge < -0.3 is 4.74 Å². The number of hydrogen-bond acceptors (Lipinski definition) is 5. The molecule has 8 heteroatoms. The summed E-state index contributed by atoms with van der Waals surface area (Å²) >= 11 is 0. The van der Waals surface area contributed by atoms with Gasteiger partial charge in [0, 0.05) is 24.2 Å². The van der Waals surface area contributed by atoms with Crippen LogP contribution < -0.4 is 5.43 Å². The Kier molecular flexibility index (Phi) is 5.89. The number of fused-ring (bicyclic) bond motifs is 1. The molecule has 3 aromatic carbocycles. The largest absolute Gasteiger partial charge is 0.379 e. The Hall–Kier alpha value is -3.07. The first-order valence-corrected chi connectivity index (χ1v) is 11.0. The average molecular weight is 423 g/mol. The van der Waals surface area contributed by atoms with Gasteiger partial charge in [0.1, 0.15) is 0 Å². The summed E-state index contributed by atoms with van der Waals surface area (Å²) in [6, 6.07) is 19.7. The Bertz CT molecular complexity index is 1200. The van der Waals surface area contributed by atoms with Crippen LogP contribution in [-0.4, -0.2) is 51.1 Å². The highest BCUT2D eigenvalue weighted by atomic mass is 32.2. The third kappa shape index (κ3) is 4.25. The van der Waals surface area contributed by atoms with Crippen molar-refractivity contribution in [3.63, 3.8) is 0 Å². The van der Waals surface area contributed by atoms with Gasteiger partial charge in [0.15, 0.2) is 0 Å². The van der Waals surface area contributed by atoms with Crippen LogP contribution in [0.1, 0.15) is 15.9 Å². The molecule has 1 heterocycles. The number of sulfonamides is 1. The number of nitrogens with one attached hydrogen (secondary N) is 1. The third-order valence-electron chi connectivity index (χ3n) is 4.90. The number of amides is 1. The fraction of sp³-hybridized carbons (Fsp3) is 0.182. The van der Waals surface area contributed by atoms with Crippen molar-refractivity contribution in [2.75, 3.05) is 26.3 Å². The first-order chi connectivity index (χ1) is 14.6. The van der Waals surface area contributed by atoms with Crippen LogP contribution >= 0.6 is 0 Å². The fourth-order valence-electron chi connectivity index (χ4n) is 3.32. The van der Waals surface area contributed by atoms with Crippen LogP contribution in [0.25, 0.3) is 10.8 Å². The smallest absolute Gasteiger partial charge is 0.271 e. The van der Waals surface area contributed by atoms with Crippen molar-refractivity contribution >= 4 is 32.9 Å². The lowest BCUT2D eigenvalue weighted by atomic mass is 10.1. The highest BCUT2D eigenvalue weighted by Crippen LogP contribution is 2.19. The maximum atomic E-state index is 12.8. The van der Waals surface area contributed by atoms with Gasteiger partial charge >= 0.3 is 0 Å². The van der Waals surface area contributed by atoms with Crippen LogP contribution in [0.15, 0.2) is 76.7 Å².